The van der Waals surface area contributed by atoms with Crippen molar-refractivity contribution in [2.45, 2.75) is 18.2 Å². The Morgan fingerprint density at radius 2 is 2.21 bits per heavy atom. The first kappa shape index (κ1) is 13.7. The Bertz CT molecular complexity index is 710. The van der Waals surface area contributed by atoms with Crippen LogP contribution in [0.25, 0.3) is 10.4 Å². The number of benzene rings is 1. The van der Waals surface area contributed by atoms with Gasteiger partial charge in [0.25, 0.3) is 10.0 Å². The van der Waals surface area contributed by atoms with Gasteiger partial charge in [0.05, 0.1) is 9.92 Å². The normalized spacial score (nSPS) is 13.9. The molecule has 0 saturated carbocycles. The number of anilines is 1. The topological polar surface area (TPSA) is 103 Å². The van der Waals surface area contributed by atoms with Crippen molar-refractivity contribution in [1.29, 1.82) is 0 Å². The van der Waals surface area contributed by atoms with Gasteiger partial charge >= 0.3 is 0 Å². The molecule has 1 amide bonds. The maximum atomic E-state index is 11.7. The van der Waals surface area contributed by atoms with Crippen molar-refractivity contribution in [3.8, 4) is 0 Å². The number of fused-ring (bicyclic) bond motifs is 1. The van der Waals surface area contributed by atoms with Crippen LogP contribution in [0.1, 0.15) is 12.5 Å². The van der Waals surface area contributed by atoms with E-state index in [9.17, 15) is 13.2 Å². The highest BCUT2D eigenvalue weighted by atomic mass is 35.5. The SMILES string of the molecule is CC(=O)N1CCc2cc(Cl)c(S(=O)(=O)N=[N+]=[N-])cc21. The molecule has 100 valence electrons. The lowest BCUT2D eigenvalue weighted by Gasteiger charge is -2.15. The van der Waals surface area contributed by atoms with Gasteiger partial charge in [-0.15, -0.1) is 0 Å². The molecule has 2 rings (SSSR count). The third kappa shape index (κ3) is 2.37. The molecule has 19 heavy (non-hydrogen) atoms. The Labute approximate surface area is 114 Å². The zero-order chi connectivity index (χ0) is 14.2. The van der Waals surface area contributed by atoms with Gasteiger partial charge in [-0.05, 0) is 29.6 Å². The fraction of sp³-hybridized carbons (Fsp3) is 0.300. The number of carbonyl (C=O) groups excluding carboxylic acids is 1. The van der Waals surface area contributed by atoms with E-state index in [0.29, 0.717) is 18.7 Å². The van der Waals surface area contributed by atoms with Crippen LogP contribution in [0.4, 0.5) is 5.69 Å². The highest BCUT2D eigenvalue weighted by Gasteiger charge is 2.27. The molecule has 1 aromatic rings. The minimum atomic E-state index is -4.17. The molecule has 0 unspecified atom stereocenters. The van der Waals surface area contributed by atoms with Gasteiger partial charge < -0.3 is 4.90 Å². The van der Waals surface area contributed by atoms with Crippen molar-refractivity contribution < 1.29 is 13.2 Å². The molecule has 0 aliphatic carbocycles. The molecule has 1 aliphatic heterocycles. The molecule has 0 saturated heterocycles. The van der Waals surface area contributed by atoms with Crippen LogP contribution in [0.2, 0.25) is 5.02 Å². The van der Waals surface area contributed by atoms with E-state index in [1.807, 2.05) is 0 Å². The number of rotatable bonds is 2. The predicted molar refractivity (Wildman–Crippen MR) is 69.5 cm³/mol. The van der Waals surface area contributed by atoms with Gasteiger partial charge in [-0.1, -0.05) is 11.6 Å². The lowest BCUT2D eigenvalue weighted by Crippen LogP contribution is -2.25. The Hall–Kier alpha value is -1.76. The number of sulfonamides is 1. The molecule has 7 nitrogen and oxygen atoms in total. The lowest BCUT2D eigenvalue weighted by molar-refractivity contribution is -0.116. The maximum Gasteiger partial charge on any atom is 0.265 e. The molecule has 0 radical (unpaired) electrons. The summed E-state index contributed by atoms with van der Waals surface area (Å²) in [6.45, 7) is 1.87. The van der Waals surface area contributed by atoms with Gasteiger partial charge in [-0.3, -0.25) is 4.79 Å². The fourth-order valence-corrected chi connectivity index (χ4v) is 3.23. The average Bonchev–Trinajstić information content (AvgIpc) is 2.70. The highest BCUT2D eigenvalue weighted by molar-refractivity contribution is 7.90. The van der Waals surface area contributed by atoms with Crippen LogP contribution in [0.5, 0.6) is 0 Å². The minimum Gasteiger partial charge on any atom is -0.312 e. The first-order chi connectivity index (χ1) is 8.86. The molecule has 0 bridgehead atoms. The summed E-state index contributed by atoms with van der Waals surface area (Å²) in [5.74, 6) is -0.187. The molecule has 0 aromatic heterocycles. The number of halogens is 1. The second-order valence-electron chi connectivity index (χ2n) is 3.98. The summed E-state index contributed by atoms with van der Waals surface area (Å²) in [7, 11) is -4.17. The van der Waals surface area contributed by atoms with Crippen LogP contribution in [0.3, 0.4) is 0 Å². The summed E-state index contributed by atoms with van der Waals surface area (Å²) in [6.07, 6.45) is 0.608. The minimum absolute atomic E-state index is 0.0171. The van der Waals surface area contributed by atoms with Gasteiger partial charge in [-0.25, -0.2) is 8.42 Å². The third-order valence-corrected chi connectivity index (χ3v) is 4.44. The highest BCUT2D eigenvalue weighted by Crippen LogP contribution is 2.35. The molecule has 0 N–H and O–H groups in total. The van der Waals surface area contributed by atoms with Gasteiger partial charge in [-0.2, -0.15) is 0 Å². The first-order valence-corrected chi connectivity index (χ1v) is 7.10. The number of nitrogens with zero attached hydrogens (tertiary/aromatic N) is 4. The lowest BCUT2D eigenvalue weighted by atomic mass is 10.2. The quantitative estimate of drug-likeness (QED) is 0.475. The van der Waals surface area contributed by atoms with Gasteiger partial charge in [0.2, 0.25) is 5.91 Å². The fourth-order valence-electron chi connectivity index (χ4n) is 2.00. The Morgan fingerprint density at radius 1 is 1.53 bits per heavy atom. The van der Waals surface area contributed by atoms with Crippen molar-refractivity contribution in [3.05, 3.63) is 33.2 Å². The van der Waals surface area contributed by atoms with Gasteiger partial charge in [0, 0.05) is 28.6 Å². The molecule has 9 heteroatoms. The molecule has 0 spiro atoms. The summed E-state index contributed by atoms with van der Waals surface area (Å²) in [4.78, 5) is 14.9. The molecule has 1 aromatic carbocycles. The summed E-state index contributed by atoms with van der Waals surface area (Å²) in [6, 6.07) is 2.76. The number of amides is 1. The number of carbonyl (C=O) groups is 1. The van der Waals surface area contributed by atoms with Crippen LogP contribution in [0, 0.1) is 0 Å². The van der Waals surface area contributed by atoms with Crippen molar-refractivity contribution in [1.82, 2.24) is 0 Å². The van der Waals surface area contributed by atoms with Crippen LogP contribution >= 0.6 is 11.6 Å². The summed E-state index contributed by atoms with van der Waals surface area (Å²) >= 11 is 5.89. The van der Waals surface area contributed by atoms with Crippen LogP contribution in [-0.2, 0) is 21.2 Å². The molecule has 1 heterocycles. The van der Waals surface area contributed by atoms with Crippen LogP contribution in [0.15, 0.2) is 21.5 Å². The Morgan fingerprint density at radius 3 is 2.79 bits per heavy atom. The van der Waals surface area contributed by atoms with Crippen molar-refractivity contribution in [3.63, 3.8) is 0 Å². The Kier molecular flexibility index (Phi) is 3.40. The molecule has 0 fully saturated rings. The van der Waals surface area contributed by atoms with E-state index in [-0.39, 0.29) is 15.8 Å². The maximum absolute atomic E-state index is 11.7. The van der Waals surface area contributed by atoms with E-state index in [1.165, 1.54) is 24.0 Å². The zero-order valence-corrected chi connectivity index (χ0v) is 11.4. The van der Waals surface area contributed by atoms with Crippen molar-refractivity contribution in [2.75, 3.05) is 11.4 Å². The van der Waals surface area contributed by atoms with E-state index in [1.54, 1.807) is 0 Å². The molecule has 1 aliphatic rings. The van der Waals surface area contributed by atoms with E-state index >= 15 is 0 Å². The second kappa shape index (κ2) is 4.73. The van der Waals surface area contributed by atoms with Gasteiger partial charge in [0.1, 0.15) is 0 Å². The zero-order valence-electron chi connectivity index (χ0n) is 9.87. The summed E-state index contributed by atoms with van der Waals surface area (Å²) in [5, 5.41) is -0.0171. The summed E-state index contributed by atoms with van der Waals surface area (Å²) < 4.78 is 26.2. The second-order valence-corrected chi connectivity index (χ2v) is 5.94. The largest absolute Gasteiger partial charge is 0.312 e. The molecule has 0 atom stereocenters. The number of azide groups is 1. The van der Waals surface area contributed by atoms with Crippen LogP contribution in [-0.4, -0.2) is 20.9 Å². The van der Waals surface area contributed by atoms with E-state index in [4.69, 9.17) is 17.1 Å². The van der Waals surface area contributed by atoms with E-state index in [0.717, 1.165) is 5.56 Å². The smallest absolute Gasteiger partial charge is 0.265 e. The number of hydrogen-bond acceptors (Lipinski definition) is 3. The third-order valence-electron chi connectivity index (χ3n) is 2.83. The van der Waals surface area contributed by atoms with Gasteiger partial charge in [0.15, 0.2) is 0 Å². The standard InChI is InChI=1S/C10H9ClN4O3S/c1-6(16)15-3-2-7-4-8(11)10(5-9(7)15)19(17,18)14-13-12/h4-5H,2-3H2,1H3. The van der Waals surface area contributed by atoms with Crippen LogP contribution < -0.4 is 4.90 Å². The Balaban J connectivity index is 2.64. The van der Waals surface area contributed by atoms with Crippen molar-refractivity contribution >= 4 is 33.2 Å². The molecular weight excluding hydrogens is 292 g/mol. The predicted octanol–water partition coefficient (Wildman–Crippen LogP) is 2.25. The van der Waals surface area contributed by atoms with E-state index in [2.05, 4.69) is 9.43 Å². The average molecular weight is 301 g/mol. The monoisotopic (exact) mass is 300 g/mol. The molecular formula is C10H9ClN4O3S. The first-order valence-electron chi connectivity index (χ1n) is 5.28. The summed E-state index contributed by atoms with van der Waals surface area (Å²) in [5.41, 5.74) is 9.54. The van der Waals surface area contributed by atoms with E-state index < -0.39 is 10.0 Å². The number of hydrogen-bond donors (Lipinski definition) is 0. The van der Waals surface area contributed by atoms with Crippen molar-refractivity contribution in [2.24, 2.45) is 4.52 Å².